The Hall–Kier alpha value is -0.830. The van der Waals surface area contributed by atoms with E-state index in [0.717, 1.165) is 17.5 Å². The van der Waals surface area contributed by atoms with Crippen LogP contribution < -0.4 is 5.73 Å². The zero-order valence-corrected chi connectivity index (χ0v) is 11.5. The van der Waals surface area contributed by atoms with Gasteiger partial charge in [-0.3, -0.25) is 0 Å². The molecule has 1 aliphatic carbocycles. The lowest BCUT2D eigenvalue weighted by Gasteiger charge is -2.27. The van der Waals surface area contributed by atoms with E-state index in [2.05, 4.69) is 37.2 Å². The molecule has 0 bridgehead atoms. The van der Waals surface area contributed by atoms with Crippen molar-refractivity contribution in [3.05, 3.63) is 18.2 Å². The third kappa shape index (κ3) is 2.25. The predicted octanol–water partition coefficient (Wildman–Crippen LogP) is 3.07. The minimum Gasteiger partial charge on any atom is -0.330 e. The summed E-state index contributed by atoms with van der Waals surface area (Å²) in [7, 11) is 0. The van der Waals surface area contributed by atoms with Crippen LogP contribution in [0.25, 0.3) is 0 Å². The molecule has 3 nitrogen and oxygen atoms in total. The topological polar surface area (TPSA) is 43.8 Å². The number of aromatic nitrogens is 2. The van der Waals surface area contributed by atoms with Gasteiger partial charge in [-0.05, 0) is 38.5 Å². The van der Waals surface area contributed by atoms with Gasteiger partial charge in [0.25, 0.3) is 0 Å². The van der Waals surface area contributed by atoms with Crippen LogP contribution in [-0.2, 0) is 5.54 Å². The molecule has 2 rings (SSSR count). The van der Waals surface area contributed by atoms with Crippen molar-refractivity contribution in [3.8, 4) is 0 Å². The van der Waals surface area contributed by atoms with Crippen molar-refractivity contribution >= 4 is 0 Å². The van der Waals surface area contributed by atoms with Gasteiger partial charge < -0.3 is 10.3 Å². The summed E-state index contributed by atoms with van der Waals surface area (Å²) in [5.74, 6) is 1.59. The van der Waals surface area contributed by atoms with E-state index in [1.54, 1.807) is 0 Å². The van der Waals surface area contributed by atoms with E-state index < -0.39 is 0 Å². The minimum absolute atomic E-state index is 0.305. The Morgan fingerprint density at radius 1 is 1.47 bits per heavy atom. The Balaban J connectivity index is 2.27. The molecule has 1 fully saturated rings. The van der Waals surface area contributed by atoms with Crippen LogP contribution in [0.1, 0.15) is 58.7 Å². The Kier molecular flexibility index (Phi) is 3.30. The number of hydrogen-bond donors (Lipinski definition) is 1. The van der Waals surface area contributed by atoms with Crippen LogP contribution in [-0.4, -0.2) is 9.55 Å². The zero-order chi connectivity index (χ0) is 12.6. The van der Waals surface area contributed by atoms with E-state index >= 15 is 0 Å². The summed E-state index contributed by atoms with van der Waals surface area (Å²) >= 11 is 0. The molecule has 0 aromatic carbocycles. The molecule has 1 saturated carbocycles. The molecule has 1 heterocycles. The molecule has 2 N–H and O–H groups in total. The second-order valence-electron chi connectivity index (χ2n) is 6.08. The van der Waals surface area contributed by atoms with Crippen molar-refractivity contribution in [2.24, 2.45) is 17.6 Å². The van der Waals surface area contributed by atoms with Gasteiger partial charge in [0.2, 0.25) is 0 Å². The van der Waals surface area contributed by atoms with Crippen LogP contribution in [0.3, 0.4) is 0 Å². The van der Waals surface area contributed by atoms with Gasteiger partial charge >= 0.3 is 0 Å². The molecule has 17 heavy (non-hydrogen) atoms. The highest BCUT2D eigenvalue weighted by molar-refractivity contribution is 5.12. The average molecular weight is 235 g/mol. The molecule has 3 atom stereocenters. The first kappa shape index (κ1) is 12.6. The molecule has 3 heteroatoms. The fraction of sp³-hybridized carbons (Fsp3) is 0.786. The standard InChI is InChI=1S/C14H25N3/c1-5-11-6-7-12(10(11)2)17-9-16-8-13(17)14(3,4)15/h8-12H,5-7,15H2,1-4H3. The van der Waals surface area contributed by atoms with E-state index in [0.29, 0.717) is 6.04 Å². The van der Waals surface area contributed by atoms with Crippen molar-refractivity contribution in [2.45, 2.75) is 58.5 Å². The molecule has 3 unspecified atom stereocenters. The summed E-state index contributed by atoms with van der Waals surface area (Å²) in [6.07, 6.45) is 7.77. The maximum Gasteiger partial charge on any atom is 0.0951 e. The number of imidazole rings is 1. The Morgan fingerprint density at radius 3 is 2.71 bits per heavy atom. The fourth-order valence-electron chi connectivity index (χ4n) is 3.26. The van der Waals surface area contributed by atoms with Crippen LogP contribution in [0.15, 0.2) is 12.5 Å². The van der Waals surface area contributed by atoms with Crippen LogP contribution in [0.2, 0.25) is 0 Å². The van der Waals surface area contributed by atoms with E-state index in [4.69, 9.17) is 5.73 Å². The molecule has 96 valence electrons. The molecule has 0 amide bonds. The summed E-state index contributed by atoms with van der Waals surface area (Å²) in [5.41, 5.74) is 7.07. The van der Waals surface area contributed by atoms with Crippen molar-refractivity contribution in [3.63, 3.8) is 0 Å². The zero-order valence-electron chi connectivity index (χ0n) is 11.5. The molecule has 1 aliphatic rings. The molecule has 0 radical (unpaired) electrons. The third-order valence-corrected chi connectivity index (χ3v) is 4.39. The summed E-state index contributed by atoms with van der Waals surface area (Å²) in [6, 6.07) is 0.584. The van der Waals surface area contributed by atoms with Crippen LogP contribution in [0.4, 0.5) is 0 Å². The molecular formula is C14H25N3. The van der Waals surface area contributed by atoms with Crippen molar-refractivity contribution in [2.75, 3.05) is 0 Å². The second kappa shape index (κ2) is 4.45. The molecule has 0 spiro atoms. The number of rotatable bonds is 3. The normalized spacial score (nSPS) is 29.8. The lowest BCUT2D eigenvalue weighted by atomic mass is 9.93. The predicted molar refractivity (Wildman–Crippen MR) is 70.7 cm³/mol. The SMILES string of the molecule is CCC1CCC(n2cncc2C(C)(C)N)C1C. The van der Waals surface area contributed by atoms with E-state index in [9.17, 15) is 0 Å². The van der Waals surface area contributed by atoms with E-state index in [1.165, 1.54) is 19.3 Å². The fourth-order valence-corrected chi connectivity index (χ4v) is 3.26. The molecule has 1 aromatic heterocycles. The van der Waals surface area contributed by atoms with E-state index in [1.807, 2.05) is 12.5 Å². The van der Waals surface area contributed by atoms with E-state index in [-0.39, 0.29) is 5.54 Å². The Bertz CT molecular complexity index is 375. The highest BCUT2D eigenvalue weighted by Crippen LogP contribution is 2.42. The van der Waals surface area contributed by atoms with Crippen molar-refractivity contribution in [1.82, 2.24) is 9.55 Å². The first-order chi connectivity index (χ1) is 7.95. The highest BCUT2D eigenvalue weighted by atomic mass is 15.1. The highest BCUT2D eigenvalue weighted by Gasteiger charge is 2.34. The van der Waals surface area contributed by atoms with Crippen LogP contribution in [0.5, 0.6) is 0 Å². The molecule has 0 aliphatic heterocycles. The molecular weight excluding hydrogens is 210 g/mol. The largest absolute Gasteiger partial charge is 0.330 e. The maximum absolute atomic E-state index is 6.22. The smallest absolute Gasteiger partial charge is 0.0951 e. The van der Waals surface area contributed by atoms with Gasteiger partial charge in [0.05, 0.1) is 17.6 Å². The first-order valence-corrected chi connectivity index (χ1v) is 6.76. The minimum atomic E-state index is -0.305. The summed E-state index contributed by atoms with van der Waals surface area (Å²) in [6.45, 7) is 8.78. The number of nitrogens with two attached hydrogens (primary N) is 1. The first-order valence-electron chi connectivity index (χ1n) is 6.76. The lowest BCUT2D eigenvalue weighted by Crippen LogP contribution is -2.33. The Labute approximate surface area is 104 Å². The van der Waals surface area contributed by atoms with Crippen LogP contribution >= 0.6 is 0 Å². The van der Waals surface area contributed by atoms with Gasteiger partial charge in [0.15, 0.2) is 0 Å². The van der Waals surface area contributed by atoms with Gasteiger partial charge in [0.1, 0.15) is 0 Å². The lowest BCUT2D eigenvalue weighted by molar-refractivity contribution is 0.314. The van der Waals surface area contributed by atoms with Gasteiger partial charge in [0, 0.05) is 12.2 Å². The monoisotopic (exact) mass is 235 g/mol. The van der Waals surface area contributed by atoms with Gasteiger partial charge in [-0.15, -0.1) is 0 Å². The molecule has 1 aromatic rings. The summed E-state index contributed by atoms with van der Waals surface area (Å²) in [5, 5.41) is 0. The summed E-state index contributed by atoms with van der Waals surface area (Å²) < 4.78 is 2.32. The van der Waals surface area contributed by atoms with Gasteiger partial charge in [-0.25, -0.2) is 4.98 Å². The van der Waals surface area contributed by atoms with Crippen molar-refractivity contribution < 1.29 is 0 Å². The average Bonchev–Trinajstić information content (AvgIpc) is 2.82. The quantitative estimate of drug-likeness (QED) is 0.875. The Morgan fingerprint density at radius 2 is 2.18 bits per heavy atom. The van der Waals surface area contributed by atoms with Crippen molar-refractivity contribution in [1.29, 1.82) is 0 Å². The van der Waals surface area contributed by atoms with Crippen LogP contribution in [0, 0.1) is 11.8 Å². The molecule has 0 saturated heterocycles. The third-order valence-electron chi connectivity index (χ3n) is 4.39. The van der Waals surface area contributed by atoms with Gasteiger partial charge in [-0.1, -0.05) is 20.3 Å². The second-order valence-corrected chi connectivity index (χ2v) is 6.08. The number of hydrogen-bond acceptors (Lipinski definition) is 2. The maximum atomic E-state index is 6.22. The van der Waals surface area contributed by atoms with Gasteiger partial charge in [-0.2, -0.15) is 0 Å². The number of nitrogens with zero attached hydrogens (tertiary/aromatic N) is 2. The summed E-state index contributed by atoms with van der Waals surface area (Å²) in [4.78, 5) is 4.30.